The number of methoxy groups -OCH3 is 1. The summed E-state index contributed by atoms with van der Waals surface area (Å²) < 4.78 is 31.5. The molecule has 0 saturated carbocycles. The lowest BCUT2D eigenvalue weighted by atomic mass is 10.1. The van der Waals surface area contributed by atoms with Crippen LogP contribution in [0.3, 0.4) is 0 Å². The second-order valence-electron chi connectivity index (χ2n) is 3.57. The highest BCUT2D eigenvalue weighted by Gasteiger charge is 2.15. The van der Waals surface area contributed by atoms with E-state index in [1.807, 2.05) is 0 Å². The molecule has 0 unspecified atom stereocenters. The molecule has 88 valence electrons. The van der Waals surface area contributed by atoms with Gasteiger partial charge in [-0.3, -0.25) is 0 Å². The van der Waals surface area contributed by atoms with E-state index < -0.39 is 17.6 Å². The minimum Gasteiger partial charge on any atom is -0.464 e. The van der Waals surface area contributed by atoms with Gasteiger partial charge >= 0.3 is 5.97 Å². The maximum Gasteiger partial charge on any atom is 0.356 e. The molecule has 0 N–H and O–H groups in total. The van der Waals surface area contributed by atoms with E-state index in [1.54, 1.807) is 6.92 Å². The molecule has 1 aromatic heterocycles. The van der Waals surface area contributed by atoms with E-state index in [2.05, 4.69) is 9.72 Å². The van der Waals surface area contributed by atoms with Gasteiger partial charge in [0, 0.05) is 5.39 Å². The van der Waals surface area contributed by atoms with Crippen LogP contribution in [0.1, 0.15) is 16.1 Å². The number of pyridine rings is 1. The molecule has 2 aromatic rings. The first-order chi connectivity index (χ1) is 8.04. The van der Waals surface area contributed by atoms with E-state index in [9.17, 15) is 13.6 Å². The van der Waals surface area contributed by atoms with Gasteiger partial charge in [0.15, 0.2) is 0 Å². The average Bonchev–Trinajstić information content (AvgIpc) is 2.32. The highest BCUT2D eigenvalue weighted by molar-refractivity contribution is 5.92. The first-order valence-corrected chi connectivity index (χ1v) is 4.88. The molecule has 0 aliphatic heterocycles. The molecule has 2 rings (SSSR count). The molecule has 0 saturated heterocycles. The van der Waals surface area contributed by atoms with Crippen LogP contribution >= 0.6 is 0 Å². The first-order valence-electron chi connectivity index (χ1n) is 4.88. The summed E-state index contributed by atoms with van der Waals surface area (Å²) in [5, 5.41) is 0.0812. The number of hydrogen-bond acceptors (Lipinski definition) is 3. The van der Waals surface area contributed by atoms with Crippen LogP contribution in [0.4, 0.5) is 8.78 Å². The average molecular weight is 237 g/mol. The lowest BCUT2D eigenvalue weighted by molar-refractivity contribution is 0.0594. The molecule has 0 amide bonds. The van der Waals surface area contributed by atoms with Gasteiger partial charge in [0.05, 0.1) is 7.11 Å². The van der Waals surface area contributed by atoms with Crippen LogP contribution in [0, 0.1) is 18.6 Å². The summed E-state index contributed by atoms with van der Waals surface area (Å²) in [7, 11) is 1.20. The van der Waals surface area contributed by atoms with Crippen LogP contribution in [0.2, 0.25) is 0 Å². The SMILES string of the molecule is COC(=O)c1cc(C)c2c(F)ccc(F)c2n1. The second-order valence-corrected chi connectivity index (χ2v) is 3.57. The summed E-state index contributed by atoms with van der Waals surface area (Å²) in [6.45, 7) is 1.58. The Balaban J connectivity index is 2.82. The molecule has 1 aromatic carbocycles. The third-order valence-electron chi connectivity index (χ3n) is 2.45. The molecule has 3 nitrogen and oxygen atoms in total. The fourth-order valence-electron chi connectivity index (χ4n) is 1.66. The van der Waals surface area contributed by atoms with Crippen molar-refractivity contribution in [2.75, 3.05) is 7.11 Å². The highest BCUT2D eigenvalue weighted by Crippen LogP contribution is 2.23. The topological polar surface area (TPSA) is 39.2 Å². The summed E-state index contributed by atoms with van der Waals surface area (Å²) in [5.41, 5.74) is 0.236. The van der Waals surface area contributed by atoms with Crippen LogP contribution in [0.15, 0.2) is 18.2 Å². The molecule has 17 heavy (non-hydrogen) atoms. The van der Waals surface area contributed by atoms with Crippen LogP contribution < -0.4 is 0 Å². The summed E-state index contributed by atoms with van der Waals surface area (Å²) in [6.07, 6.45) is 0. The van der Waals surface area contributed by atoms with Gasteiger partial charge in [-0.2, -0.15) is 0 Å². The predicted molar refractivity (Wildman–Crippen MR) is 57.7 cm³/mol. The first kappa shape index (κ1) is 11.4. The van der Waals surface area contributed by atoms with E-state index in [0.29, 0.717) is 5.56 Å². The largest absolute Gasteiger partial charge is 0.464 e. The van der Waals surface area contributed by atoms with Crippen molar-refractivity contribution in [3.05, 3.63) is 41.1 Å². The molecule has 0 bridgehead atoms. The predicted octanol–water partition coefficient (Wildman–Crippen LogP) is 2.61. The third kappa shape index (κ3) is 1.84. The highest BCUT2D eigenvalue weighted by atomic mass is 19.1. The Bertz CT molecular complexity index is 611. The van der Waals surface area contributed by atoms with Gasteiger partial charge in [-0.1, -0.05) is 0 Å². The molecule has 0 aliphatic rings. The summed E-state index contributed by atoms with van der Waals surface area (Å²) in [6, 6.07) is 3.38. The van der Waals surface area contributed by atoms with Gasteiger partial charge in [-0.25, -0.2) is 18.6 Å². The van der Waals surface area contributed by atoms with Gasteiger partial charge in [0.2, 0.25) is 0 Å². The van der Waals surface area contributed by atoms with Crippen molar-refractivity contribution in [1.82, 2.24) is 4.98 Å². The van der Waals surface area contributed by atoms with Gasteiger partial charge in [-0.05, 0) is 30.7 Å². The van der Waals surface area contributed by atoms with E-state index in [-0.39, 0.29) is 16.6 Å². The molecule has 0 fully saturated rings. The van der Waals surface area contributed by atoms with Crippen molar-refractivity contribution in [3.8, 4) is 0 Å². The number of rotatable bonds is 1. The Morgan fingerprint density at radius 2 is 1.94 bits per heavy atom. The van der Waals surface area contributed by atoms with Gasteiger partial charge in [0.25, 0.3) is 0 Å². The number of carbonyl (C=O) groups is 1. The van der Waals surface area contributed by atoms with Crippen molar-refractivity contribution in [2.24, 2.45) is 0 Å². The number of esters is 1. The van der Waals surface area contributed by atoms with Crippen molar-refractivity contribution < 1.29 is 18.3 Å². The third-order valence-corrected chi connectivity index (χ3v) is 2.45. The minimum absolute atomic E-state index is 0.0398. The van der Waals surface area contributed by atoms with Crippen molar-refractivity contribution in [1.29, 1.82) is 0 Å². The molecule has 0 aliphatic carbocycles. The lowest BCUT2D eigenvalue weighted by Crippen LogP contribution is -2.06. The fraction of sp³-hybridized carbons (Fsp3) is 0.167. The molecular weight excluding hydrogens is 228 g/mol. The maximum atomic E-state index is 13.5. The Labute approximate surface area is 96.0 Å². The Morgan fingerprint density at radius 3 is 2.59 bits per heavy atom. The summed E-state index contributed by atoms with van der Waals surface area (Å²) >= 11 is 0. The molecule has 0 spiro atoms. The number of ether oxygens (including phenoxy) is 1. The number of benzene rings is 1. The fourth-order valence-corrected chi connectivity index (χ4v) is 1.66. The normalized spacial score (nSPS) is 10.6. The molecule has 0 radical (unpaired) electrons. The zero-order valence-corrected chi connectivity index (χ0v) is 9.25. The molecular formula is C12H9F2NO2. The Hall–Kier alpha value is -2.04. The van der Waals surface area contributed by atoms with Crippen molar-refractivity contribution >= 4 is 16.9 Å². The van der Waals surface area contributed by atoms with Crippen molar-refractivity contribution in [3.63, 3.8) is 0 Å². The van der Waals surface area contributed by atoms with E-state index in [0.717, 1.165) is 12.1 Å². The number of hydrogen-bond donors (Lipinski definition) is 0. The monoisotopic (exact) mass is 237 g/mol. The van der Waals surface area contributed by atoms with Crippen molar-refractivity contribution in [2.45, 2.75) is 6.92 Å². The van der Waals surface area contributed by atoms with E-state index in [1.165, 1.54) is 13.2 Å². The minimum atomic E-state index is -0.682. The number of fused-ring (bicyclic) bond motifs is 1. The summed E-state index contributed by atoms with van der Waals surface area (Å²) in [4.78, 5) is 15.1. The smallest absolute Gasteiger partial charge is 0.356 e. The zero-order chi connectivity index (χ0) is 12.6. The molecule has 1 heterocycles. The summed E-state index contributed by atoms with van der Waals surface area (Å²) in [5.74, 6) is -1.92. The van der Waals surface area contributed by atoms with E-state index in [4.69, 9.17) is 0 Å². The number of halogens is 2. The standard InChI is InChI=1S/C12H9F2NO2/c1-6-5-9(12(16)17-2)15-11-8(14)4-3-7(13)10(6)11/h3-5H,1-2H3. The number of carbonyl (C=O) groups excluding carboxylic acids is 1. The van der Waals surface area contributed by atoms with Crippen LogP contribution in [0.25, 0.3) is 10.9 Å². The van der Waals surface area contributed by atoms with Gasteiger partial charge in [-0.15, -0.1) is 0 Å². The Kier molecular flexibility index (Phi) is 2.75. The Morgan fingerprint density at radius 1 is 1.29 bits per heavy atom. The van der Waals surface area contributed by atoms with Crippen LogP contribution in [-0.4, -0.2) is 18.1 Å². The molecule has 5 heteroatoms. The van der Waals surface area contributed by atoms with Crippen LogP contribution in [0.5, 0.6) is 0 Å². The number of aryl methyl sites for hydroxylation is 1. The van der Waals surface area contributed by atoms with Gasteiger partial charge in [0.1, 0.15) is 22.8 Å². The van der Waals surface area contributed by atoms with E-state index >= 15 is 0 Å². The second kappa shape index (κ2) is 4.08. The number of nitrogens with zero attached hydrogens (tertiary/aromatic N) is 1. The number of aromatic nitrogens is 1. The van der Waals surface area contributed by atoms with Gasteiger partial charge < -0.3 is 4.74 Å². The van der Waals surface area contributed by atoms with Crippen LogP contribution in [-0.2, 0) is 4.74 Å². The maximum absolute atomic E-state index is 13.5. The molecule has 0 atom stereocenters. The quantitative estimate of drug-likeness (QED) is 0.715. The lowest BCUT2D eigenvalue weighted by Gasteiger charge is -2.06. The zero-order valence-electron chi connectivity index (χ0n) is 9.25.